The molecule has 0 saturated heterocycles. The fourth-order valence-electron chi connectivity index (χ4n) is 2.88. The lowest BCUT2D eigenvalue weighted by Gasteiger charge is -2.32. The first-order chi connectivity index (χ1) is 11.2. The number of para-hydroxylation sites is 1. The second kappa shape index (κ2) is 6.85. The van der Waals surface area contributed by atoms with Crippen LogP contribution in [0, 0.1) is 0 Å². The second-order valence-corrected chi connectivity index (χ2v) is 7.78. The molecule has 0 aromatic heterocycles. The van der Waals surface area contributed by atoms with Crippen molar-refractivity contribution in [3.63, 3.8) is 0 Å². The number of hydrogen-bond acceptors (Lipinski definition) is 5. The van der Waals surface area contributed by atoms with Gasteiger partial charge in [0.1, 0.15) is 5.75 Å². The molecule has 1 aliphatic rings. The molecule has 1 unspecified atom stereocenters. The van der Waals surface area contributed by atoms with Gasteiger partial charge in [-0.2, -0.15) is 0 Å². The smallest absolute Gasteiger partial charge is 0.291 e. The third kappa shape index (κ3) is 3.19. The summed E-state index contributed by atoms with van der Waals surface area (Å²) in [7, 11) is -3.15. The molecular formula is C17H20NO4P. The van der Waals surface area contributed by atoms with E-state index in [2.05, 4.69) is 0 Å². The maximum absolute atomic E-state index is 13.6. The van der Waals surface area contributed by atoms with Crippen LogP contribution in [-0.4, -0.2) is 47.7 Å². The zero-order valence-corrected chi connectivity index (χ0v) is 13.7. The second-order valence-electron chi connectivity index (χ2n) is 5.48. The Bertz CT molecular complexity index is 728. The summed E-state index contributed by atoms with van der Waals surface area (Å²) in [6.07, 6.45) is 0.166. The first-order valence-corrected chi connectivity index (χ1v) is 9.40. The zero-order chi connectivity index (χ0) is 16.3. The van der Waals surface area contributed by atoms with Crippen molar-refractivity contribution in [2.45, 2.75) is 0 Å². The minimum Gasteiger partial charge on any atom is -0.438 e. The molecule has 2 aromatic rings. The van der Waals surface area contributed by atoms with Crippen LogP contribution in [0.3, 0.4) is 0 Å². The quantitative estimate of drug-likeness (QED) is 0.790. The van der Waals surface area contributed by atoms with E-state index in [4.69, 9.17) is 4.52 Å². The largest absolute Gasteiger partial charge is 0.438 e. The molecule has 0 radical (unpaired) electrons. The Balaban J connectivity index is 2.02. The van der Waals surface area contributed by atoms with Crippen molar-refractivity contribution < 1.29 is 19.3 Å². The van der Waals surface area contributed by atoms with Crippen LogP contribution >= 0.6 is 7.37 Å². The predicted molar refractivity (Wildman–Crippen MR) is 90.4 cm³/mol. The summed E-state index contributed by atoms with van der Waals surface area (Å²) in [5.41, 5.74) is 1.86. The maximum Gasteiger partial charge on any atom is 0.291 e. The summed E-state index contributed by atoms with van der Waals surface area (Å²) in [4.78, 5) is 1.77. The third-order valence-electron chi connectivity index (χ3n) is 3.91. The number of benzene rings is 2. The summed E-state index contributed by atoms with van der Waals surface area (Å²) in [6.45, 7) is 0.575. The zero-order valence-electron chi connectivity index (χ0n) is 12.8. The van der Waals surface area contributed by atoms with E-state index in [1.54, 1.807) is 4.90 Å². The molecule has 1 aliphatic heterocycles. The van der Waals surface area contributed by atoms with Crippen LogP contribution in [0.4, 0.5) is 0 Å². The van der Waals surface area contributed by atoms with Crippen molar-refractivity contribution in [3.05, 3.63) is 48.5 Å². The van der Waals surface area contributed by atoms with Gasteiger partial charge in [-0.3, -0.25) is 9.46 Å². The van der Waals surface area contributed by atoms with Crippen molar-refractivity contribution in [3.8, 4) is 16.9 Å². The van der Waals surface area contributed by atoms with E-state index in [0.717, 1.165) is 11.1 Å². The molecule has 1 atom stereocenters. The molecule has 122 valence electrons. The maximum atomic E-state index is 13.6. The van der Waals surface area contributed by atoms with E-state index in [9.17, 15) is 14.8 Å². The molecule has 2 N–H and O–H groups in total. The topological polar surface area (TPSA) is 70.0 Å². The molecule has 0 bridgehead atoms. The highest BCUT2D eigenvalue weighted by Gasteiger charge is 2.37. The number of nitrogens with zero attached hydrogens (tertiary/aromatic N) is 1. The Labute approximate surface area is 135 Å². The van der Waals surface area contributed by atoms with Gasteiger partial charge in [-0.15, -0.1) is 0 Å². The number of aliphatic hydroxyl groups is 2. The summed E-state index contributed by atoms with van der Waals surface area (Å²) in [6, 6.07) is 15.1. The van der Waals surface area contributed by atoms with E-state index in [0.29, 0.717) is 24.1 Å². The summed E-state index contributed by atoms with van der Waals surface area (Å²) < 4.78 is 19.5. The van der Waals surface area contributed by atoms with Gasteiger partial charge in [0.05, 0.1) is 24.8 Å². The summed E-state index contributed by atoms with van der Waals surface area (Å²) in [5.74, 6) is 0.613. The SMILES string of the molecule is O=P1(CN(CCO)CCO)Oc2ccccc2-c2ccccc21. The van der Waals surface area contributed by atoms with Crippen molar-refractivity contribution in [2.24, 2.45) is 0 Å². The number of rotatable bonds is 6. The third-order valence-corrected chi connectivity index (χ3v) is 6.30. The minimum absolute atomic E-state index is 0.0573. The predicted octanol–water partition coefficient (Wildman–Crippen LogP) is 1.89. The highest BCUT2D eigenvalue weighted by atomic mass is 31.2. The van der Waals surface area contributed by atoms with Crippen LogP contribution in [0.25, 0.3) is 11.1 Å². The lowest BCUT2D eigenvalue weighted by molar-refractivity contribution is 0.175. The Morgan fingerprint density at radius 3 is 2.22 bits per heavy atom. The highest BCUT2D eigenvalue weighted by Crippen LogP contribution is 2.54. The van der Waals surface area contributed by atoms with Crippen LogP contribution in [0.2, 0.25) is 0 Å². The molecule has 1 heterocycles. The van der Waals surface area contributed by atoms with E-state index < -0.39 is 7.37 Å². The van der Waals surface area contributed by atoms with Crippen molar-refractivity contribution in [1.29, 1.82) is 0 Å². The normalized spacial score (nSPS) is 19.1. The molecule has 0 amide bonds. The van der Waals surface area contributed by atoms with Gasteiger partial charge < -0.3 is 14.7 Å². The lowest BCUT2D eigenvalue weighted by Crippen LogP contribution is -2.34. The molecule has 0 spiro atoms. The highest BCUT2D eigenvalue weighted by molar-refractivity contribution is 7.67. The van der Waals surface area contributed by atoms with Gasteiger partial charge in [0.15, 0.2) is 0 Å². The molecular weight excluding hydrogens is 313 g/mol. The molecule has 0 aliphatic carbocycles. The van der Waals surface area contributed by atoms with E-state index in [-0.39, 0.29) is 19.5 Å². The molecule has 6 heteroatoms. The van der Waals surface area contributed by atoms with Crippen LogP contribution in [0.1, 0.15) is 0 Å². The molecule has 0 saturated carbocycles. The molecule has 0 fully saturated rings. The average molecular weight is 333 g/mol. The fourth-order valence-corrected chi connectivity index (χ4v) is 5.35. The standard InChI is InChI=1S/C17H20NO4P/c19-11-9-18(10-12-20)13-23(21)17-8-4-2-6-15(17)14-5-1-3-7-16(14)22-23/h1-8,19-20H,9-13H2. The number of hydrogen-bond donors (Lipinski definition) is 2. The lowest BCUT2D eigenvalue weighted by atomic mass is 10.0. The van der Waals surface area contributed by atoms with Gasteiger partial charge in [-0.25, -0.2) is 0 Å². The van der Waals surface area contributed by atoms with Gasteiger partial charge in [0.25, 0.3) is 7.37 Å². The van der Waals surface area contributed by atoms with E-state index in [1.807, 2.05) is 48.5 Å². The van der Waals surface area contributed by atoms with Crippen molar-refractivity contribution in [1.82, 2.24) is 4.90 Å². The van der Waals surface area contributed by atoms with Crippen LogP contribution in [-0.2, 0) is 4.57 Å². The summed E-state index contributed by atoms with van der Waals surface area (Å²) >= 11 is 0. The number of aliphatic hydroxyl groups excluding tert-OH is 2. The van der Waals surface area contributed by atoms with Gasteiger partial charge in [-0.05, 0) is 17.7 Å². The van der Waals surface area contributed by atoms with E-state index in [1.165, 1.54) is 0 Å². The van der Waals surface area contributed by atoms with Gasteiger partial charge in [-0.1, -0.05) is 36.4 Å². The van der Waals surface area contributed by atoms with Crippen molar-refractivity contribution >= 4 is 12.7 Å². The monoisotopic (exact) mass is 333 g/mol. The Morgan fingerprint density at radius 1 is 0.913 bits per heavy atom. The molecule has 2 aromatic carbocycles. The van der Waals surface area contributed by atoms with Crippen LogP contribution < -0.4 is 9.83 Å². The number of fused-ring (bicyclic) bond motifs is 3. The average Bonchev–Trinajstić information content (AvgIpc) is 2.55. The van der Waals surface area contributed by atoms with Gasteiger partial charge >= 0.3 is 0 Å². The van der Waals surface area contributed by atoms with Gasteiger partial charge in [0, 0.05) is 18.7 Å². The van der Waals surface area contributed by atoms with Crippen LogP contribution in [0.15, 0.2) is 48.5 Å². The van der Waals surface area contributed by atoms with E-state index >= 15 is 0 Å². The van der Waals surface area contributed by atoms with Crippen LogP contribution in [0.5, 0.6) is 5.75 Å². The molecule has 23 heavy (non-hydrogen) atoms. The minimum atomic E-state index is -3.15. The summed E-state index contributed by atoms with van der Waals surface area (Å²) in [5, 5.41) is 19.0. The first-order valence-electron chi connectivity index (χ1n) is 7.59. The Hall–Kier alpha value is -1.65. The van der Waals surface area contributed by atoms with Gasteiger partial charge in [0.2, 0.25) is 0 Å². The molecule has 3 rings (SSSR count). The Morgan fingerprint density at radius 2 is 1.52 bits per heavy atom. The fraction of sp³-hybridized carbons (Fsp3) is 0.294. The van der Waals surface area contributed by atoms with Crippen molar-refractivity contribution in [2.75, 3.05) is 32.6 Å². The first kappa shape index (κ1) is 16.2. The Kier molecular flexibility index (Phi) is 4.83. The molecule has 5 nitrogen and oxygen atoms in total.